The van der Waals surface area contributed by atoms with Crippen LogP contribution in [-0.4, -0.2) is 5.78 Å². The number of rotatable bonds is 3. The molecule has 1 nitrogen and oxygen atoms in total. The van der Waals surface area contributed by atoms with Crippen molar-refractivity contribution in [3.8, 4) is 0 Å². The fourth-order valence-corrected chi connectivity index (χ4v) is 2.45. The van der Waals surface area contributed by atoms with E-state index in [4.69, 9.17) is 0 Å². The van der Waals surface area contributed by atoms with Crippen LogP contribution in [0.1, 0.15) is 54.7 Å². The molecule has 16 heavy (non-hydrogen) atoms. The van der Waals surface area contributed by atoms with Gasteiger partial charge in [-0.15, -0.1) is 0 Å². The van der Waals surface area contributed by atoms with Crippen LogP contribution in [0.2, 0.25) is 0 Å². The third kappa shape index (κ3) is 2.31. The third-order valence-electron chi connectivity index (χ3n) is 3.43. The van der Waals surface area contributed by atoms with Gasteiger partial charge >= 0.3 is 0 Å². The smallest absolute Gasteiger partial charge is 0.159 e. The van der Waals surface area contributed by atoms with Crippen molar-refractivity contribution in [2.45, 2.75) is 38.8 Å². The molecule has 0 N–H and O–H groups in total. The van der Waals surface area contributed by atoms with Gasteiger partial charge in [-0.05, 0) is 37.3 Å². The summed E-state index contributed by atoms with van der Waals surface area (Å²) in [5.74, 6) is 0.155. The molecule has 0 aromatic heterocycles. The zero-order valence-electron chi connectivity index (χ0n) is 9.58. The zero-order valence-corrected chi connectivity index (χ0v) is 9.58. The van der Waals surface area contributed by atoms with Gasteiger partial charge in [-0.1, -0.05) is 31.0 Å². The van der Waals surface area contributed by atoms with E-state index in [1.165, 1.54) is 6.92 Å². The minimum atomic E-state index is -0.901. The number of Topliss-reactive ketones (excluding diaryl/α,β-unsaturated/α-hetero) is 1. The standard InChI is InChI=1S/C14H17FO/c1-10(16)12-7-4-8-13(9-12)14(15)11-5-2-3-6-11/h4,7-9,11,14H,2-3,5-6H2,1H3. The maximum atomic E-state index is 14.2. The molecule has 1 aromatic carbocycles. The van der Waals surface area contributed by atoms with E-state index in [2.05, 4.69) is 0 Å². The summed E-state index contributed by atoms with van der Waals surface area (Å²) in [5.41, 5.74) is 1.28. The van der Waals surface area contributed by atoms with Crippen molar-refractivity contribution in [1.29, 1.82) is 0 Å². The number of hydrogen-bond acceptors (Lipinski definition) is 1. The molecule has 0 bridgehead atoms. The lowest BCUT2D eigenvalue weighted by atomic mass is 9.94. The average molecular weight is 220 g/mol. The molecule has 1 atom stereocenters. The van der Waals surface area contributed by atoms with Gasteiger partial charge in [-0.2, -0.15) is 0 Å². The molecular formula is C14H17FO. The molecule has 1 fully saturated rings. The largest absolute Gasteiger partial charge is 0.295 e. The van der Waals surface area contributed by atoms with Crippen LogP contribution in [0.3, 0.4) is 0 Å². The van der Waals surface area contributed by atoms with Crippen LogP contribution in [0, 0.1) is 5.92 Å². The van der Waals surface area contributed by atoms with E-state index in [1.54, 1.807) is 24.3 Å². The molecular weight excluding hydrogens is 203 g/mol. The van der Waals surface area contributed by atoms with Gasteiger partial charge in [0.15, 0.2) is 5.78 Å². The van der Waals surface area contributed by atoms with Gasteiger partial charge in [0.1, 0.15) is 6.17 Å². The lowest BCUT2D eigenvalue weighted by Crippen LogP contribution is -2.05. The van der Waals surface area contributed by atoms with Gasteiger partial charge in [0.25, 0.3) is 0 Å². The second-order valence-corrected chi connectivity index (χ2v) is 4.63. The minimum Gasteiger partial charge on any atom is -0.295 e. The maximum absolute atomic E-state index is 14.2. The van der Waals surface area contributed by atoms with E-state index < -0.39 is 6.17 Å². The van der Waals surface area contributed by atoms with Crippen molar-refractivity contribution in [3.63, 3.8) is 0 Å². The number of halogens is 1. The Morgan fingerprint density at radius 3 is 2.69 bits per heavy atom. The Bertz CT molecular complexity index is 380. The predicted octanol–water partition coefficient (Wildman–Crippen LogP) is 4.09. The van der Waals surface area contributed by atoms with Crippen molar-refractivity contribution in [1.82, 2.24) is 0 Å². The highest BCUT2D eigenvalue weighted by Crippen LogP contribution is 2.38. The Labute approximate surface area is 95.7 Å². The molecule has 0 amide bonds. The topological polar surface area (TPSA) is 17.1 Å². The van der Waals surface area contributed by atoms with Gasteiger partial charge in [0.05, 0.1) is 0 Å². The van der Waals surface area contributed by atoms with Crippen LogP contribution in [0.4, 0.5) is 4.39 Å². The zero-order chi connectivity index (χ0) is 11.5. The van der Waals surface area contributed by atoms with Gasteiger partial charge in [0, 0.05) is 5.56 Å². The van der Waals surface area contributed by atoms with Crippen molar-refractivity contribution in [2.24, 2.45) is 5.92 Å². The number of benzene rings is 1. The Kier molecular flexibility index (Phi) is 3.37. The van der Waals surface area contributed by atoms with Crippen molar-refractivity contribution >= 4 is 5.78 Å². The van der Waals surface area contributed by atoms with Crippen LogP contribution < -0.4 is 0 Å². The fraction of sp³-hybridized carbons (Fsp3) is 0.500. The summed E-state index contributed by atoms with van der Waals surface area (Å²) >= 11 is 0. The minimum absolute atomic E-state index is 0.000437. The van der Waals surface area contributed by atoms with Gasteiger partial charge < -0.3 is 0 Å². The third-order valence-corrected chi connectivity index (χ3v) is 3.43. The Balaban J connectivity index is 2.18. The SMILES string of the molecule is CC(=O)c1cccc(C(F)C2CCCC2)c1. The van der Waals surface area contributed by atoms with E-state index in [0.29, 0.717) is 11.1 Å². The molecule has 1 aliphatic carbocycles. The fourth-order valence-electron chi connectivity index (χ4n) is 2.45. The molecule has 1 unspecified atom stereocenters. The van der Waals surface area contributed by atoms with E-state index in [-0.39, 0.29) is 11.7 Å². The maximum Gasteiger partial charge on any atom is 0.159 e. The molecule has 0 aliphatic heterocycles. The van der Waals surface area contributed by atoms with Crippen molar-refractivity contribution in [2.75, 3.05) is 0 Å². The molecule has 1 aliphatic rings. The molecule has 0 radical (unpaired) electrons. The highest BCUT2D eigenvalue weighted by atomic mass is 19.1. The normalized spacial score (nSPS) is 18.6. The first kappa shape index (κ1) is 11.3. The molecule has 0 heterocycles. The second-order valence-electron chi connectivity index (χ2n) is 4.63. The summed E-state index contributed by atoms with van der Waals surface area (Å²) in [6, 6.07) is 7.00. The molecule has 1 aromatic rings. The molecule has 1 saturated carbocycles. The van der Waals surface area contributed by atoms with Crippen molar-refractivity contribution in [3.05, 3.63) is 35.4 Å². The van der Waals surface area contributed by atoms with Gasteiger partial charge in [-0.25, -0.2) is 4.39 Å². The number of ketones is 1. The molecule has 2 rings (SSSR count). The summed E-state index contributed by atoms with van der Waals surface area (Å²) in [6.07, 6.45) is 3.33. The second kappa shape index (κ2) is 4.77. The van der Waals surface area contributed by atoms with E-state index in [0.717, 1.165) is 25.7 Å². The van der Waals surface area contributed by atoms with Gasteiger partial charge in [-0.3, -0.25) is 4.79 Å². The van der Waals surface area contributed by atoms with Crippen molar-refractivity contribution < 1.29 is 9.18 Å². The lowest BCUT2D eigenvalue weighted by molar-refractivity contribution is 0.101. The summed E-state index contributed by atoms with van der Waals surface area (Å²) in [4.78, 5) is 11.2. The quantitative estimate of drug-likeness (QED) is 0.701. The van der Waals surface area contributed by atoms with Crippen LogP contribution in [0.25, 0.3) is 0 Å². The number of carbonyl (C=O) groups excluding carboxylic acids is 1. The highest BCUT2D eigenvalue weighted by Gasteiger charge is 2.26. The number of carbonyl (C=O) groups is 1. The van der Waals surface area contributed by atoms with Gasteiger partial charge in [0.2, 0.25) is 0 Å². The van der Waals surface area contributed by atoms with E-state index in [1.807, 2.05) is 0 Å². The Morgan fingerprint density at radius 2 is 2.06 bits per heavy atom. The average Bonchev–Trinajstić information content (AvgIpc) is 2.81. The number of alkyl halides is 1. The lowest BCUT2D eigenvalue weighted by Gasteiger charge is -2.15. The molecule has 86 valence electrons. The summed E-state index contributed by atoms with van der Waals surface area (Å²) < 4.78 is 14.2. The Morgan fingerprint density at radius 1 is 1.38 bits per heavy atom. The summed E-state index contributed by atoms with van der Waals surface area (Å²) in [7, 11) is 0. The molecule has 0 spiro atoms. The summed E-state index contributed by atoms with van der Waals surface area (Å²) in [6.45, 7) is 1.52. The molecule has 2 heteroatoms. The molecule has 0 saturated heterocycles. The highest BCUT2D eigenvalue weighted by molar-refractivity contribution is 5.94. The van der Waals surface area contributed by atoms with Crippen LogP contribution in [0.15, 0.2) is 24.3 Å². The first-order chi connectivity index (χ1) is 7.68. The van der Waals surface area contributed by atoms with Crippen LogP contribution in [0.5, 0.6) is 0 Å². The first-order valence-electron chi connectivity index (χ1n) is 5.93. The monoisotopic (exact) mass is 220 g/mol. The van der Waals surface area contributed by atoms with Crippen LogP contribution in [-0.2, 0) is 0 Å². The summed E-state index contributed by atoms with van der Waals surface area (Å²) in [5, 5.41) is 0. The predicted molar refractivity (Wildman–Crippen MR) is 62.3 cm³/mol. The first-order valence-corrected chi connectivity index (χ1v) is 5.93. The van der Waals surface area contributed by atoms with E-state index >= 15 is 0 Å². The number of hydrogen-bond donors (Lipinski definition) is 0. The van der Waals surface area contributed by atoms with Crippen LogP contribution >= 0.6 is 0 Å². The Hall–Kier alpha value is -1.18. The van der Waals surface area contributed by atoms with E-state index in [9.17, 15) is 9.18 Å².